The van der Waals surface area contributed by atoms with E-state index in [4.69, 9.17) is 0 Å². The molecule has 0 spiro atoms. The van der Waals surface area contributed by atoms with Crippen molar-refractivity contribution in [1.29, 1.82) is 0 Å². The number of sulfonamides is 1. The quantitative estimate of drug-likeness (QED) is 0.704. The van der Waals surface area contributed by atoms with E-state index in [9.17, 15) is 13.2 Å². The monoisotopic (exact) mass is 426 g/mol. The number of hydrogen-bond acceptors (Lipinski definition) is 3. The number of hydrogen-bond donors (Lipinski definition) is 0. The highest BCUT2D eigenvalue weighted by molar-refractivity contribution is 7.92. The zero-order valence-corrected chi connectivity index (χ0v) is 18.9. The number of amides is 1. The van der Waals surface area contributed by atoms with Crippen LogP contribution in [0.4, 0.5) is 11.4 Å². The van der Waals surface area contributed by atoms with Crippen LogP contribution in [-0.4, -0.2) is 38.1 Å². The molecule has 2 aliphatic rings. The largest absolute Gasteiger partial charge is 0.335 e. The van der Waals surface area contributed by atoms with Gasteiger partial charge in [0, 0.05) is 18.2 Å². The second-order valence-corrected chi connectivity index (χ2v) is 11.9. The SMILES string of the molecule is CC1(C)CC2CC(C)(CN2C(=O)c2ccc(N(c3ccccc3)S(C)(=O)=O)cc2)C1. The molecular weight excluding hydrogens is 396 g/mol. The number of anilines is 2. The first-order valence-electron chi connectivity index (χ1n) is 10.4. The second-order valence-electron chi connectivity index (χ2n) is 10.1. The maximum Gasteiger partial charge on any atom is 0.254 e. The number of fused-ring (bicyclic) bond motifs is 2. The molecule has 0 aromatic heterocycles. The molecule has 4 rings (SSSR count). The lowest BCUT2D eigenvalue weighted by Gasteiger charge is -2.39. The summed E-state index contributed by atoms with van der Waals surface area (Å²) in [5, 5.41) is 0. The van der Waals surface area contributed by atoms with Crippen molar-refractivity contribution in [2.45, 2.75) is 46.1 Å². The Morgan fingerprint density at radius 1 is 0.967 bits per heavy atom. The summed E-state index contributed by atoms with van der Waals surface area (Å²) in [6.45, 7) is 7.68. The molecule has 1 aliphatic carbocycles. The molecule has 160 valence electrons. The van der Waals surface area contributed by atoms with E-state index in [-0.39, 0.29) is 22.8 Å². The number of carbonyl (C=O) groups is 1. The van der Waals surface area contributed by atoms with Gasteiger partial charge in [-0.2, -0.15) is 0 Å². The lowest BCUT2D eigenvalue weighted by atomic mass is 9.65. The van der Waals surface area contributed by atoms with Crippen molar-refractivity contribution in [3.05, 3.63) is 60.2 Å². The minimum atomic E-state index is -3.51. The van der Waals surface area contributed by atoms with Gasteiger partial charge in [0.1, 0.15) is 0 Å². The van der Waals surface area contributed by atoms with Gasteiger partial charge in [-0.1, -0.05) is 39.0 Å². The topological polar surface area (TPSA) is 57.7 Å². The summed E-state index contributed by atoms with van der Waals surface area (Å²) in [5.41, 5.74) is 2.13. The molecule has 2 unspecified atom stereocenters. The molecule has 1 aliphatic heterocycles. The fourth-order valence-corrected chi connectivity index (χ4v) is 6.71. The van der Waals surface area contributed by atoms with Crippen molar-refractivity contribution in [3.63, 3.8) is 0 Å². The van der Waals surface area contributed by atoms with E-state index in [2.05, 4.69) is 20.8 Å². The summed E-state index contributed by atoms with van der Waals surface area (Å²) in [6, 6.07) is 16.2. The molecule has 2 fully saturated rings. The number of benzene rings is 2. The molecule has 2 aromatic carbocycles. The predicted octanol–water partition coefficient (Wildman–Crippen LogP) is 4.83. The summed E-state index contributed by atoms with van der Waals surface area (Å²) in [4.78, 5) is 15.3. The lowest BCUT2D eigenvalue weighted by molar-refractivity contribution is 0.0708. The van der Waals surface area contributed by atoms with E-state index in [0.29, 0.717) is 16.9 Å². The smallest absolute Gasteiger partial charge is 0.254 e. The maximum atomic E-state index is 13.3. The van der Waals surface area contributed by atoms with Gasteiger partial charge < -0.3 is 4.90 Å². The van der Waals surface area contributed by atoms with E-state index in [1.54, 1.807) is 48.5 Å². The van der Waals surface area contributed by atoms with Gasteiger partial charge in [0.25, 0.3) is 5.91 Å². The van der Waals surface area contributed by atoms with Gasteiger partial charge in [-0.3, -0.25) is 4.79 Å². The standard InChI is InChI=1S/C24H30N2O3S/c1-23(2)14-21-15-24(3,16-23)17-25(21)22(27)18-10-12-20(13-11-18)26(30(4,28)29)19-8-6-5-7-9-19/h5-13,21H,14-17H2,1-4H3. The molecule has 2 bridgehead atoms. The van der Waals surface area contributed by atoms with E-state index >= 15 is 0 Å². The third kappa shape index (κ3) is 3.97. The molecular formula is C24H30N2O3S. The Morgan fingerprint density at radius 2 is 1.57 bits per heavy atom. The van der Waals surface area contributed by atoms with E-state index in [1.807, 2.05) is 11.0 Å². The Bertz CT molecular complexity index is 1050. The second kappa shape index (κ2) is 7.12. The first-order chi connectivity index (χ1) is 14.0. The molecule has 1 saturated heterocycles. The fourth-order valence-electron chi connectivity index (χ4n) is 5.70. The van der Waals surface area contributed by atoms with Crippen LogP contribution in [0.15, 0.2) is 54.6 Å². The highest BCUT2D eigenvalue weighted by atomic mass is 32.2. The van der Waals surface area contributed by atoms with Gasteiger partial charge in [0.15, 0.2) is 0 Å². The predicted molar refractivity (Wildman–Crippen MR) is 120 cm³/mol. The Morgan fingerprint density at radius 3 is 2.17 bits per heavy atom. The number of nitrogens with zero attached hydrogens (tertiary/aromatic N) is 2. The average molecular weight is 427 g/mol. The van der Waals surface area contributed by atoms with Crippen LogP contribution in [0.5, 0.6) is 0 Å². The van der Waals surface area contributed by atoms with Crippen LogP contribution in [0.25, 0.3) is 0 Å². The summed E-state index contributed by atoms with van der Waals surface area (Å²) in [7, 11) is -3.51. The molecule has 1 amide bonds. The minimum Gasteiger partial charge on any atom is -0.335 e. The molecule has 0 radical (unpaired) electrons. The van der Waals surface area contributed by atoms with Crippen molar-refractivity contribution in [1.82, 2.24) is 4.90 Å². The number of likely N-dealkylation sites (tertiary alicyclic amines) is 1. The molecule has 1 heterocycles. The van der Waals surface area contributed by atoms with E-state index < -0.39 is 10.0 Å². The van der Waals surface area contributed by atoms with Crippen LogP contribution in [0.1, 0.15) is 50.4 Å². The first-order valence-corrected chi connectivity index (χ1v) is 12.3. The number of rotatable bonds is 4. The zero-order valence-electron chi connectivity index (χ0n) is 18.1. The summed E-state index contributed by atoms with van der Waals surface area (Å²) in [5.74, 6) is 0.0404. The lowest BCUT2D eigenvalue weighted by Crippen LogP contribution is -2.37. The van der Waals surface area contributed by atoms with Crippen molar-refractivity contribution in [2.24, 2.45) is 10.8 Å². The Hall–Kier alpha value is -2.34. The Labute approximate surface area is 179 Å². The molecule has 5 nitrogen and oxygen atoms in total. The minimum absolute atomic E-state index is 0.0404. The fraction of sp³-hybridized carbons (Fsp3) is 0.458. The molecule has 2 atom stereocenters. The maximum absolute atomic E-state index is 13.3. The molecule has 1 saturated carbocycles. The van der Waals surface area contributed by atoms with Crippen LogP contribution in [0, 0.1) is 10.8 Å². The van der Waals surface area contributed by atoms with Crippen LogP contribution in [0.3, 0.4) is 0 Å². The number of carbonyl (C=O) groups excluding carboxylic acids is 1. The summed E-state index contributed by atoms with van der Waals surface area (Å²) >= 11 is 0. The van der Waals surface area contributed by atoms with E-state index in [1.165, 1.54) is 10.6 Å². The third-order valence-electron chi connectivity index (χ3n) is 6.35. The van der Waals surface area contributed by atoms with Gasteiger partial charge in [-0.15, -0.1) is 0 Å². The normalized spacial score (nSPS) is 25.2. The van der Waals surface area contributed by atoms with Gasteiger partial charge >= 0.3 is 0 Å². The Kier molecular flexibility index (Phi) is 4.96. The molecule has 2 aromatic rings. The Balaban J connectivity index is 1.60. The van der Waals surface area contributed by atoms with Gasteiger partial charge in [-0.25, -0.2) is 12.7 Å². The molecule has 6 heteroatoms. The average Bonchev–Trinajstić information content (AvgIpc) is 2.90. The van der Waals surface area contributed by atoms with Gasteiger partial charge in [0.05, 0.1) is 17.6 Å². The van der Waals surface area contributed by atoms with Crippen molar-refractivity contribution in [3.8, 4) is 0 Å². The highest BCUT2D eigenvalue weighted by Crippen LogP contribution is 2.52. The van der Waals surface area contributed by atoms with Crippen molar-refractivity contribution in [2.75, 3.05) is 17.1 Å². The summed E-state index contributed by atoms with van der Waals surface area (Å²) in [6.07, 6.45) is 4.42. The first kappa shape index (κ1) is 20.9. The van der Waals surface area contributed by atoms with Gasteiger partial charge in [0.2, 0.25) is 10.0 Å². The summed E-state index contributed by atoms with van der Waals surface area (Å²) < 4.78 is 26.2. The molecule has 30 heavy (non-hydrogen) atoms. The van der Waals surface area contributed by atoms with Crippen molar-refractivity contribution < 1.29 is 13.2 Å². The van der Waals surface area contributed by atoms with E-state index in [0.717, 1.165) is 25.8 Å². The zero-order chi connectivity index (χ0) is 21.7. The van der Waals surface area contributed by atoms with Crippen LogP contribution in [-0.2, 0) is 10.0 Å². The number of para-hydroxylation sites is 1. The third-order valence-corrected chi connectivity index (χ3v) is 7.43. The molecule has 0 N–H and O–H groups in total. The van der Waals surface area contributed by atoms with Crippen LogP contribution < -0.4 is 4.31 Å². The van der Waals surface area contributed by atoms with Gasteiger partial charge in [-0.05, 0) is 66.5 Å². The van der Waals surface area contributed by atoms with Crippen LogP contribution >= 0.6 is 0 Å². The highest BCUT2D eigenvalue weighted by Gasteiger charge is 2.51. The van der Waals surface area contributed by atoms with Crippen LogP contribution in [0.2, 0.25) is 0 Å². The van der Waals surface area contributed by atoms with Crippen molar-refractivity contribution >= 4 is 27.3 Å².